The summed E-state index contributed by atoms with van der Waals surface area (Å²) >= 11 is 1.46. The fraction of sp³-hybridized carbons (Fsp3) is 0.381. The second kappa shape index (κ2) is 9.25. The van der Waals surface area contributed by atoms with Crippen LogP contribution in [0.15, 0.2) is 48.9 Å². The third kappa shape index (κ3) is 4.74. The average Bonchev–Trinajstić information content (AvgIpc) is 3.47. The summed E-state index contributed by atoms with van der Waals surface area (Å²) in [4.78, 5) is 34.0. The van der Waals surface area contributed by atoms with Gasteiger partial charge in [0.15, 0.2) is 0 Å². The van der Waals surface area contributed by atoms with Crippen molar-refractivity contribution in [2.75, 3.05) is 18.1 Å². The number of anilines is 1. The maximum atomic E-state index is 13.2. The van der Waals surface area contributed by atoms with E-state index in [4.69, 9.17) is 4.74 Å². The predicted molar refractivity (Wildman–Crippen MR) is 116 cm³/mol. The monoisotopic (exact) mass is 440 g/mol. The van der Waals surface area contributed by atoms with Crippen molar-refractivity contribution >= 4 is 28.5 Å². The highest BCUT2D eigenvalue weighted by Crippen LogP contribution is 2.35. The van der Waals surface area contributed by atoms with E-state index in [9.17, 15) is 9.59 Å². The standard InChI is InChI=1S/C21H24N6O3S/c1-15(2)30-21(29)25-11-8-16(9-12-25)18-14-22-20(31-18)27(26-13-10-23-24-26)19(28)17-6-4-3-5-7-17/h3-7,10,13-16H,8-9,11-12H2,1-2H3. The molecule has 162 valence electrons. The minimum absolute atomic E-state index is 0.126. The van der Waals surface area contributed by atoms with E-state index >= 15 is 0 Å². The number of likely N-dealkylation sites (tertiary alicyclic amines) is 1. The molecule has 0 bridgehead atoms. The molecule has 10 heteroatoms. The highest BCUT2D eigenvalue weighted by atomic mass is 32.1. The number of amides is 2. The number of hydrogen-bond donors (Lipinski definition) is 0. The number of ether oxygens (including phenoxy) is 1. The Bertz CT molecular complexity index is 1010. The number of nitrogens with zero attached hydrogens (tertiary/aromatic N) is 6. The van der Waals surface area contributed by atoms with Crippen molar-refractivity contribution in [2.45, 2.75) is 38.7 Å². The molecule has 0 N–H and O–H groups in total. The van der Waals surface area contributed by atoms with E-state index in [2.05, 4.69) is 15.3 Å². The first-order valence-corrected chi connectivity index (χ1v) is 11.0. The lowest BCUT2D eigenvalue weighted by Gasteiger charge is -2.31. The van der Waals surface area contributed by atoms with E-state index in [1.165, 1.54) is 27.3 Å². The van der Waals surface area contributed by atoms with Crippen LogP contribution in [0.5, 0.6) is 0 Å². The van der Waals surface area contributed by atoms with Gasteiger partial charge >= 0.3 is 6.09 Å². The van der Waals surface area contributed by atoms with E-state index in [-0.39, 0.29) is 24.0 Å². The number of hydrogen-bond acceptors (Lipinski definition) is 7. The number of rotatable bonds is 5. The molecule has 1 aliphatic rings. The van der Waals surface area contributed by atoms with E-state index < -0.39 is 0 Å². The van der Waals surface area contributed by atoms with Gasteiger partial charge in [-0.25, -0.2) is 9.78 Å². The van der Waals surface area contributed by atoms with Gasteiger partial charge in [0.05, 0.1) is 18.5 Å². The molecule has 31 heavy (non-hydrogen) atoms. The van der Waals surface area contributed by atoms with Gasteiger partial charge in [0.1, 0.15) is 0 Å². The first-order valence-electron chi connectivity index (χ1n) is 10.2. The average molecular weight is 441 g/mol. The number of carbonyl (C=O) groups excluding carboxylic acids is 2. The topological polar surface area (TPSA) is 93.5 Å². The lowest BCUT2D eigenvalue weighted by Crippen LogP contribution is -2.39. The molecular formula is C21H24N6O3S. The largest absolute Gasteiger partial charge is 0.447 e. The fourth-order valence-corrected chi connectivity index (χ4v) is 4.54. The highest BCUT2D eigenvalue weighted by molar-refractivity contribution is 7.15. The summed E-state index contributed by atoms with van der Waals surface area (Å²) in [5, 5.41) is 9.77. The molecule has 1 aliphatic heterocycles. The molecule has 0 spiro atoms. The molecule has 0 aliphatic carbocycles. The highest BCUT2D eigenvalue weighted by Gasteiger charge is 2.29. The van der Waals surface area contributed by atoms with E-state index in [1.54, 1.807) is 23.2 Å². The van der Waals surface area contributed by atoms with Gasteiger partial charge in [-0.15, -0.1) is 9.89 Å². The zero-order valence-corrected chi connectivity index (χ0v) is 18.2. The number of piperidine rings is 1. The Balaban J connectivity index is 1.50. The first-order chi connectivity index (χ1) is 15.0. The number of aromatic nitrogens is 4. The quantitative estimate of drug-likeness (QED) is 0.602. The zero-order valence-electron chi connectivity index (χ0n) is 17.4. The third-order valence-electron chi connectivity index (χ3n) is 5.01. The van der Waals surface area contributed by atoms with Crippen LogP contribution >= 0.6 is 11.3 Å². The van der Waals surface area contributed by atoms with Gasteiger partial charge in [0, 0.05) is 29.7 Å². The van der Waals surface area contributed by atoms with Crippen LogP contribution in [0, 0.1) is 0 Å². The molecule has 0 unspecified atom stereocenters. The van der Waals surface area contributed by atoms with Gasteiger partial charge < -0.3 is 9.64 Å². The van der Waals surface area contributed by atoms with Crippen LogP contribution in [0.25, 0.3) is 0 Å². The van der Waals surface area contributed by atoms with Crippen LogP contribution in [0.1, 0.15) is 47.8 Å². The Morgan fingerprint density at radius 3 is 2.58 bits per heavy atom. The van der Waals surface area contributed by atoms with Crippen LogP contribution in [0.4, 0.5) is 9.93 Å². The Labute approximate surface area is 184 Å². The molecule has 3 aromatic rings. The van der Waals surface area contributed by atoms with Gasteiger partial charge in [0.2, 0.25) is 5.13 Å². The van der Waals surface area contributed by atoms with E-state index in [0.717, 1.165) is 17.7 Å². The van der Waals surface area contributed by atoms with Crippen LogP contribution in [-0.4, -0.2) is 56.2 Å². The Morgan fingerprint density at radius 2 is 1.94 bits per heavy atom. The summed E-state index contributed by atoms with van der Waals surface area (Å²) in [5.74, 6) is 0.0389. The van der Waals surface area contributed by atoms with Crippen LogP contribution < -0.4 is 5.01 Å². The number of carbonyl (C=O) groups is 2. The fourth-order valence-electron chi connectivity index (χ4n) is 3.47. The molecule has 2 amide bonds. The van der Waals surface area contributed by atoms with Crippen molar-refractivity contribution in [1.29, 1.82) is 0 Å². The van der Waals surface area contributed by atoms with E-state index in [0.29, 0.717) is 23.8 Å². The maximum absolute atomic E-state index is 13.2. The van der Waals surface area contributed by atoms with Crippen LogP contribution in [-0.2, 0) is 4.74 Å². The lowest BCUT2D eigenvalue weighted by atomic mass is 9.96. The molecule has 3 heterocycles. The summed E-state index contributed by atoms with van der Waals surface area (Å²) in [5.41, 5.74) is 0.534. The second-order valence-electron chi connectivity index (χ2n) is 7.55. The summed E-state index contributed by atoms with van der Waals surface area (Å²) in [6.45, 7) is 4.97. The minimum Gasteiger partial charge on any atom is -0.447 e. The molecular weight excluding hydrogens is 416 g/mol. The SMILES string of the molecule is CC(C)OC(=O)N1CCC(c2cnc(N(C(=O)c3ccccc3)n3ccnn3)s2)CC1. The summed E-state index contributed by atoms with van der Waals surface area (Å²) in [7, 11) is 0. The molecule has 2 aromatic heterocycles. The molecule has 1 aromatic carbocycles. The van der Waals surface area contributed by atoms with E-state index in [1.807, 2.05) is 38.2 Å². The van der Waals surface area contributed by atoms with Crippen molar-refractivity contribution in [2.24, 2.45) is 0 Å². The Hall–Kier alpha value is -3.27. The summed E-state index contributed by atoms with van der Waals surface area (Å²) in [6.07, 6.45) is 6.21. The van der Waals surface area contributed by atoms with Crippen LogP contribution in [0.3, 0.4) is 0 Å². The van der Waals surface area contributed by atoms with Gasteiger partial charge in [-0.2, -0.15) is 5.01 Å². The summed E-state index contributed by atoms with van der Waals surface area (Å²) in [6, 6.07) is 9.01. The molecule has 9 nitrogen and oxygen atoms in total. The lowest BCUT2D eigenvalue weighted by molar-refractivity contribution is 0.0693. The van der Waals surface area contributed by atoms with Crippen molar-refractivity contribution in [3.05, 3.63) is 59.4 Å². The molecule has 0 radical (unpaired) electrons. The van der Waals surface area contributed by atoms with Crippen molar-refractivity contribution < 1.29 is 14.3 Å². The Kier molecular flexibility index (Phi) is 6.26. The van der Waals surface area contributed by atoms with Gasteiger partial charge in [-0.3, -0.25) is 4.79 Å². The molecule has 1 fully saturated rings. The molecule has 0 atom stereocenters. The van der Waals surface area contributed by atoms with Crippen LogP contribution in [0.2, 0.25) is 0 Å². The normalized spacial score (nSPS) is 14.6. The third-order valence-corrected chi connectivity index (χ3v) is 6.15. The van der Waals surface area contributed by atoms with Gasteiger partial charge in [0.25, 0.3) is 5.91 Å². The van der Waals surface area contributed by atoms with Gasteiger partial charge in [-0.1, -0.05) is 29.5 Å². The minimum atomic E-state index is -0.260. The second-order valence-corrected chi connectivity index (χ2v) is 8.59. The molecule has 0 saturated carbocycles. The van der Waals surface area contributed by atoms with Crippen molar-refractivity contribution in [3.63, 3.8) is 0 Å². The molecule has 1 saturated heterocycles. The summed E-state index contributed by atoms with van der Waals surface area (Å²) < 4.78 is 5.29. The predicted octanol–water partition coefficient (Wildman–Crippen LogP) is 3.57. The zero-order chi connectivity index (χ0) is 21.8. The van der Waals surface area contributed by atoms with Gasteiger partial charge in [-0.05, 0) is 50.0 Å². The smallest absolute Gasteiger partial charge is 0.410 e. The maximum Gasteiger partial charge on any atom is 0.410 e. The van der Waals surface area contributed by atoms with Crippen molar-refractivity contribution in [1.82, 2.24) is 25.0 Å². The number of thiazole rings is 1. The molecule has 4 rings (SSSR count). The van der Waals surface area contributed by atoms with Crippen molar-refractivity contribution in [3.8, 4) is 0 Å². The Morgan fingerprint density at radius 1 is 1.19 bits per heavy atom. The first kappa shape index (κ1) is 21.0. The number of benzene rings is 1.